The summed E-state index contributed by atoms with van der Waals surface area (Å²) in [7, 11) is 0. The molecule has 10 heavy (non-hydrogen) atoms. The van der Waals surface area contributed by atoms with Gasteiger partial charge in [-0.25, -0.2) is 0 Å². The van der Waals surface area contributed by atoms with Crippen LogP contribution < -0.4 is 0 Å². The van der Waals surface area contributed by atoms with Crippen LogP contribution in [0.25, 0.3) is 0 Å². The molecule has 1 aliphatic carbocycles. The first-order valence-electron chi connectivity index (χ1n) is 3.50. The van der Waals surface area contributed by atoms with Gasteiger partial charge in [0.25, 0.3) is 0 Å². The predicted molar refractivity (Wildman–Crippen MR) is 37.5 cm³/mol. The van der Waals surface area contributed by atoms with E-state index in [1.807, 2.05) is 12.1 Å². The summed E-state index contributed by atoms with van der Waals surface area (Å²) in [6.45, 7) is 0. The highest BCUT2D eigenvalue weighted by Crippen LogP contribution is 2.27. The van der Waals surface area contributed by atoms with Crippen molar-refractivity contribution in [1.29, 1.82) is 0 Å². The van der Waals surface area contributed by atoms with Crippen molar-refractivity contribution < 1.29 is 5.11 Å². The summed E-state index contributed by atoms with van der Waals surface area (Å²) in [6.07, 6.45) is 3.24. The van der Waals surface area contributed by atoms with Gasteiger partial charge in [0.15, 0.2) is 0 Å². The van der Waals surface area contributed by atoms with Gasteiger partial charge < -0.3 is 5.11 Å². The van der Waals surface area contributed by atoms with Crippen molar-refractivity contribution in [1.82, 2.24) is 4.98 Å². The first-order valence-corrected chi connectivity index (χ1v) is 3.50. The first kappa shape index (κ1) is 5.86. The normalized spacial score (nSPS) is 22.7. The lowest BCUT2D eigenvalue weighted by atomic mass is 10.2. The summed E-state index contributed by atoms with van der Waals surface area (Å²) in [5, 5.41) is 9.32. The van der Waals surface area contributed by atoms with Gasteiger partial charge in [0, 0.05) is 6.20 Å². The zero-order valence-corrected chi connectivity index (χ0v) is 5.62. The van der Waals surface area contributed by atoms with Gasteiger partial charge in [0.2, 0.25) is 0 Å². The maximum absolute atomic E-state index is 9.32. The molecule has 1 atom stereocenters. The van der Waals surface area contributed by atoms with Crippen LogP contribution in [-0.4, -0.2) is 10.1 Å². The Bertz CT molecular complexity index is 247. The Hall–Kier alpha value is -0.890. The molecule has 2 nitrogen and oxygen atoms in total. The Morgan fingerprint density at radius 1 is 1.60 bits per heavy atom. The van der Waals surface area contributed by atoms with Crippen molar-refractivity contribution in [2.75, 3.05) is 0 Å². The summed E-state index contributed by atoms with van der Waals surface area (Å²) in [6, 6.07) is 3.94. The minimum absolute atomic E-state index is 0.309. The highest BCUT2D eigenvalue weighted by molar-refractivity contribution is 5.26. The van der Waals surface area contributed by atoms with Gasteiger partial charge in [0.05, 0.1) is 11.8 Å². The molecule has 2 heteroatoms. The van der Waals surface area contributed by atoms with Gasteiger partial charge >= 0.3 is 0 Å². The Morgan fingerprint density at radius 3 is 3.30 bits per heavy atom. The van der Waals surface area contributed by atoms with Crippen LogP contribution in [0.15, 0.2) is 18.3 Å². The SMILES string of the molecule is O[C@H]1CCc2cccnc21. The zero-order valence-electron chi connectivity index (χ0n) is 5.62. The number of aliphatic hydroxyl groups is 1. The van der Waals surface area contributed by atoms with E-state index in [-0.39, 0.29) is 6.10 Å². The number of aryl methyl sites for hydroxylation is 1. The van der Waals surface area contributed by atoms with E-state index in [4.69, 9.17) is 0 Å². The van der Waals surface area contributed by atoms with Crippen LogP contribution in [0.2, 0.25) is 0 Å². The summed E-state index contributed by atoms with van der Waals surface area (Å²) in [5.74, 6) is 0. The Morgan fingerprint density at radius 2 is 2.50 bits per heavy atom. The summed E-state index contributed by atoms with van der Waals surface area (Å²) < 4.78 is 0. The van der Waals surface area contributed by atoms with E-state index in [0.717, 1.165) is 18.5 Å². The number of aliphatic hydroxyl groups excluding tert-OH is 1. The second-order valence-corrected chi connectivity index (χ2v) is 2.60. The van der Waals surface area contributed by atoms with E-state index in [0.29, 0.717) is 0 Å². The molecule has 0 aromatic carbocycles. The highest BCUT2D eigenvalue weighted by Gasteiger charge is 2.20. The van der Waals surface area contributed by atoms with Crippen LogP contribution in [0.4, 0.5) is 0 Å². The van der Waals surface area contributed by atoms with Crippen molar-refractivity contribution >= 4 is 0 Å². The van der Waals surface area contributed by atoms with E-state index >= 15 is 0 Å². The molecule has 1 N–H and O–H groups in total. The van der Waals surface area contributed by atoms with Crippen LogP contribution in [0, 0.1) is 0 Å². The largest absolute Gasteiger partial charge is 0.387 e. The molecule has 0 unspecified atom stereocenters. The number of aromatic nitrogens is 1. The lowest BCUT2D eigenvalue weighted by Gasteiger charge is -1.99. The molecule has 1 aromatic heterocycles. The number of fused-ring (bicyclic) bond motifs is 1. The molecule has 0 amide bonds. The minimum Gasteiger partial charge on any atom is -0.387 e. The first-order chi connectivity index (χ1) is 4.88. The average Bonchev–Trinajstić information content (AvgIpc) is 2.34. The molecule has 0 saturated carbocycles. The van der Waals surface area contributed by atoms with Gasteiger partial charge in [-0.1, -0.05) is 6.07 Å². The topological polar surface area (TPSA) is 33.1 Å². The molecule has 0 fully saturated rings. The van der Waals surface area contributed by atoms with Crippen molar-refractivity contribution in [2.45, 2.75) is 18.9 Å². The predicted octanol–water partition coefficient (Wildman–Crippen LogP) is 1.06. The number of pyridine rings is 1. The number of nitrogens with zero attached hydrogens (tertiary/aromatic N) is 1. The minimum atomic E-state index is -0.309. The molecular weight excluding hydrogens is 126 g/mol. The molecule has 0 spiro atoms. The molecule has 0 saturated heterocycles. The second-order valence-electron chi connectivity index (χ2n) is 2.60. The van der Waals surface area contributed by atoms with Crippen molar-refractivity contribution in [3.05, 3.63) is 29.6 Å². The third kappa shape index (κ3) is 0.727. The third-order valence-electron chi connectivity index (χ3n) is 1.93. The monoisotopic (exact) mass is 135 g/mol. The second kappa shape index (κ2) is 2.06. The Labute approximate surface area is 59.5 Å². The van der Waals surface area contributed by atoms with Crippen molar-refractivity contribution in [3.8, 4) is 0 Å². The maximum Gasteiger partial charge on any atom is 0.0965 e. The lowest BCUT2D eigenvalue weighted by Crippen LogP contribution is -1.92. The fourth-order valence-electron chi connectivity index (χ4n) is 1.39. The summed E-state index contributed by atoms with van der Waals surface area (Å²) in [4.78, 5) is 4.09. The van der Waals surface area contributed by atoms with Gasteiger partial charge in [-0.3, -0.25) is 4.98 Å². The molecule has 1 aliphatic rings. The third-order valence-corrected chi connectivity index (χ3v) is 1.93. The lowest BCUT2D eigenvalue weighted by molar-refractivity contribution is 0.176. The van der Waals surface area contributed by atoms with Gasteiger partial charge in [-0.2, -0.15) is 0 Å². The molecule has 0 aliphatic heterocycles. The summed E-state index contributed by atoms with van der Waals surface area (Å²) in [5.41, 5.74) is 2.08. The molecule has 52 valence electrons. The standard InChI is InChI=1S/C8H9NO/c10-7-4-3-6-2-1-5-9-8(6)7/h1-2,5,7,10H,3-4H2/t7-/m0/s1. The molecule has 1 heterocycles. The van der Waals surface area contributed by atoms with E-state index in [2.05, 4.69) is 4.98 Å². The summed E-state index contributed by atoms with van der Waals surface area (Å²) >= 11 is 0. The molecule has 0 radical (unpaired) electrons. The van der Waals surface area contributed by atoms with Crippen molar-refractivity contribution in [3.63, 3.8) is 0 Å². The Balaban J connectivity index is 2.51. The number of rotatable bonds is 0. The van der Waals surface area contributed by atoms with E-state index in [1.165, 1.54) is 5.56 Å². The van der Waals surface area contributed by atoms with Crippen LogP contribution in [0.3, 0.4) is 0 Å². The number of hydrogen-bond donors (Lipinski definition) is 1. The van der Waals surface area contributed by atoms with Crippen LogP contribution in [0.1, 0.15) is 23.8 Å². The van der Waals surface area contributed by atoms with Crippen LogP contribution in [0.5, 0.6) is 0 Å². The van der Waals surface area contributed by atoms with Crippen LogP contribution >= 0.6 is 0 Å². The van der Waals surface area contributed by atoms with E-state index < -0.39 is 0 Å². The maximum atomic E-state index is 9.32. The fraction of sp³-hybridized carbons (Fsp3) is 0.375. The van der Waals surface area contributed by atoms with E-state index in [9.17, 15) is 5.11 Å². The fourth-order valence-corrected chi connectivity index (χ4v) is 1.39. The van der Waals surface area contributed by atoms with Gasteiger partial charge in [-0.05, 0) is 24.5 Å². The van der Waals surface area contributed by atoms with E-state index in [1.54, 1.807) is 6.20 Å². The highest BCUT2D eigenvalue weighted by atomic mass is 16.3. The number of hydrogen-bond acceptors (Lipinski definition) is 2. The molecule has 0 bridgehead atoms. The Kier molecular flexibility index (Phi) is 1.21. The molecule has 2 rings (SSSR count). The van der Waals surface area contributed by atoms with Crippen molar-refractivity contribution in [2.24, 2.45) is 0 Å². The van der Waals surface area contributed by atoms with Crippen LogP contribution in [-0.2, 0) is 6.42 Å². The van der Waals surface area contributed by atoms with Gasteiger partial charge in [-0.15, -0.1) is 0 Å². The average molecular weight is 135 g/mol. The molecular formula is C8H9NO. The smallest absolute Gasteiger partial charge is 0.0965 e. The zero-order chi connectivity index (χ0) is 6.97. The molecule has 1 aromatic rings. The van der Waals surface area contributed by atoms with Gasteiger partial charge in [0.1, 0.15) is 0 Å². The quantitative estimate of drug-likeness (QED) is 0.577.